The molecule has 1 heterocycles. The molecule has 0 aliphatic carbocycles. The van der Waals surface area contributed by atoms with Gasteiger partial charge in [-0.2, -0.15) is 0 Å². The van der Waals surface area contributed by atoms with Crippen LogP contribution in [0.25, 0.3) is 0 Å². The molecule has 0 aliphatic heterocycles. The van der Waals surface area contributed by atoms with Crippen LogP contribution in [0.1, 0.15) is 10.4 Å². The Balaban J connectivity index is 2.83. The molecule has 0 unspecified atom stereocenters. The average Bonchev–Trinajstić information content (AvgIpc) is 2.37. The van der Waals surface area contributed by atoms with Crippen LogP contribution in [-0.4, -0.2) is 54.9 Å². The van der Waals surface area contributed by atoms with Crippen molar-refractivity contribution in [2.24, 2.45) is 0 Å². The van der Waals surface area contributed by atoms with Crippen LogP contribution in [0.5, 0.6) is 0 Å². The lowest BCUT2D eigenvalue weighted by Gasteiger charge is -2.11. The lowest BCUT2D eigenvalue weighted by Crippen LogP contribution is -2.34. The van der Waals surface area contributed by atoms with Gasteiger partial charge in [-0.1, -0.05) is 11.6 Å². The summed E-state index contributed by atoms with van der Waals surface area (Å²) in [5, 5.41) is 12.8. The zero-order chi connectivity index (χ0) is 16.2. The van der Waals surface area contributed by atoms with Gasteiger partial charge >= 0.3 is 5.69 Å². The first kappa shape index (κ1) is 17.3. The molecule has 0 fully saturated rings. The number of pyridine rings is 1. The predicted octanol–water partition coefficient (Wildman–Crippen LogP) is 0.264. The third-order valence-corrected chi connectivity index (χ3v) is 4.62. The molecule has 0 saturated carbocycles. The van der Waals surface area contributed by atoms with Crippen LogP contribution in [0.3, 0.4) is 0 Å². The molecule has 0 spiro atoms. The number of hydrogen-bond donors (Lipinski definition) is 1. The van der Waals surface area contributed by atoms with Crippen molar-refractivity contribution in [2.75, 3.05) is 26.4 Å². The van der Waals surface area contributed by atoms with Gasteiger partial charge in [0, 0.05) is 26.8 Å². The standard InChI is InChI=1S/C10H13ClN4O5S/c1-14(2)21(19,20)6-5-13-10(16)7-3-4-12-9(11)8(7)15(17)18/h3-4H,5-6H2,1-2H3,(H,13,16). The first-order valence-electron chi connectivity index (χ1n) is 5.64. The van der Waals surface area contributed by atoms with E-state index >= 15 is 0 Å². The molecule has 1 aromatic rings. The first-order valence-corrected chi connectivity index (χ1v) is 7.63. The Labute approximate surface area is 126 Å². The Hall–Kier alpha value is -1.78. The number of carbonyl (C=O) groups is 1. The number of hydrogen-bond acceptors (Lipinski definition) is 6. The Morgan fingerprint density at radius 1 is 1.52 bits per heavy atom. The lowest BCUT2D eigenvalue weighted by atomic mass is 10.2. The van der Waals surface area contributed by atoms with Crippen LogP contribution in [0, 0.1) is 10.1 Å². The number of nitrogens with zero attached hydrogens (tertiary/aromatic N) is 3. The Bertz CT molecular complexity index is 661. The molecule has 0 bridgehead atoms. The van der Waals surface area contributed by atoms with Crippen molar-refractivity contribution in [1.29, 1.82) is 0 Å². The summed E-state index contributed by atoms with van der Waals surface area (Å²) < 4.78 is 24.0. The van der Waals surface area contributed by atoms with E-state index in [4.69, 9.17) is 11.6 Å². The van der Waals surface area contributed by atoms with Crippen LogP contribution in [-0.2, 0) is 10.0 Å². The summed E-state index contributed by atoms with van der Waals surface area (Å²) in [7, 11) is -0.733. The molecule has 1 amide bonds. The number of carbonyl (C=O) groups excluding carboxylic acids is 1. The molecule has 1 rings (SSSR count). The van der Waals surface area contributed by atoms with Gasteiger partial charge in [0.2, 0.25) is 15.2 Å². The summed E-state index contributed by atoms with van der Waals surface area (Å²) in [5.41, 5.74) is -0.894. The zero-order valence-electron chi connectivity index (χ0n) is 11.2. The fourth-order valence-electron chi connectivity index (χ4n) is 1.36. The number of halogens is 1. The van der Waals surface area contributed by atoms with Gasteiger partial charge in [-0.15, -0.1) is 0 Å². The fourth-order valence-corrected chi connectivity index (χ4v) is 2.31. The molecule has 0 saturated heterocycles. The highest BCUT2D eigenvalue weighted by molar-refractivity contribution is 7.89. The third kappa shape index (κ3) is 4.34. The Kier molecular flexibility index (Phi) is 5.58. The van der Waals surface area contributed by atoms with Crippen molar-refractivity contribution in [1.82, 2.24) is 14.6 Å². The third-order valence-electron chi connectivity index (χ3n) is 2.51. The van der Waals surface area contributed by atoms with Crippen molar-refractivity contribution < 1.29 is 18.1 Å². The van der Waals surface area contributed by atoms with Crippen LogP contribution < -0.4 is 5.32 Å². The molecule has 1 aromatic heterocycles. The van der Waals surface area contributed by atoms with Crippen molar-refractivity contribution in [3.63, 3.8) is 0 Å². The maximum atomic E-state index is 11.9. The van der Waals surface area contributed by atoms with E-state index in [1.165, 1.54) is 14.1 Å². The second kappa shape index (κ2) is 6.78. The molecule has 0 radical (unpaired) electrons. The highest BCUT2D eigenvalue weighted by Crippen LogP contribution is 2.25. The van der Waals surface area contributed by atoms with Gasteiger partial charge in [0.05, 0.1) is 10.7 Å². The van der Waals surface area contributed by atoms with Gasteiger partial charge in [0.25, 0.3) is 5.91 Å². The van der Waals surface area contributed by atoms with Gasteiger partial charge in [0.1, 0.15) is 5.56 Å². The number of aromatic nitrogens is 1. The smallest absolute Gasteiger partial charge is 0.319 e. The summed E-state index contributed by atoms with van der Waals surface area (Å²) >= 11 is 5.58. The van der Waals surface area contributed by atoms with E-state index in [0.29, 0.717) is 0 Å². The number of rotatable bonds is 6. The van der Waals surface area contributed by atoms with Crippen LogP contribution >= 0.6 is 11.6 Å². The second-order valence-electron chi connectivity index (χ2n) is 4.11. The van der Waals surface area contributed by atoms with Crippen LogP contribution in [0.15, 0.2) is 12.3 Å². The summed E-state index contributed by atoms with van der Waals surface area (Å²) in [6.45, 7) is -0.184. The number of sulfonamides is 1. The van der Waals surface area contributed by atoms with E-state index < -0.39 is 31.7 Å². The highest BCUT2D eigenvalue weighted by atomic mass is 35.5. The van der Waals surface area contributed by atoms with E-state index in [0.717, 1.165) is 16.6 Å². The summed E-state index contributed by atoms with van der Waals surface area (Å²) in [6, 6.07) is 1.14. The minimum atomic E-state index is -3.46. The summed E-state index contributed by atoms with van der Waals surface area (Å²) in [4.78, 5) is 25.4. The van der Waals surface area contributed by atoms with E-state index in [9.17, 15) is 23.3 Å². The van der Waals surface area contributed by atoms with Crippen molar-refractivity contribution >= 4 is 33.2 Å². The molecule has 116 valence electrons. The SMILES string of the molecule is CN(C)S(=O)(=O)CCNC(=O)c1ccnc(Cl)c1[N+](=O)[O-]. The van der Waals surface area contributed by atoms with Crippen molar-refractivity contribution in [2.45, 2.75) is 0 Å². The maximum Gasteiger partial charge on any atom is 0.319 e. The average molecular weight is 337 g/mol. The highest BCUT2D eigenvalue weighted by Gasteiger charge is 2.25. The van der Waals surface area contributed by atoms with E-state index in [1.54, 1.807) is 0 Å². The Morgan fingerprint density at radius 3 is 2.67 bits per heavy atom. The normalized spacial score (nSPS) is 11.4. The molecule has 21 heavy (non-hydrogen) atoms. The number of amides is 1. The summed E-state index contributed by atoms with van der Waals surface area (Å²) in [5.74, 6) is -1.11. The van der Waals surface area contributed by atoms with Crippen LogP contribution in [0.4, 0.5) is 5.69 Å². The van der Waals surface area contributed by atoms with E-state index in [2.05, 4.69) is 10.3 Å². The number of nitrogens with one attached hydrogen (secondary N) is 1. The van der Waals surface area contributed by atoms with Gasteiger partial charge in [-0.3, -0.25) is 14.9 Å². The molecule has 0 aliphatic rings. The fraction of sp³-hybridized carbons (Fsp3) is 0.400. The molecular formula is C10H13ClN4O5S. The van der Waals surface area contributed by atoms with Gasteiger partial charge in [-0.05, 0) is 6.07 Å². The maximum absolute atomic E-state index is 11.9. The van der Waals surface area contributed by atoms with E-state index in [1.807, 2.05) is 0 Å². The second-order valence-corrected chi connectivity index (χ2v) is 6.77. The monoisotopic (exact) mass is 336 g/mol. The quantitative estimate of drug-likeness (QED) is 0.451. The Morgan fingerprint density at radius 2 is 2.14 bits per heavy atom. The molecule has 1 N–H and O–H groups in total. The molecule has 9 nitrogen and oxygen atoms in total. The number of nitro groups is 1. The molecule has 0 atom stereocenters. The summed E-state index contributed by atoms with van der Waals surface area (Å²) in [6.07, 6.45) is 1.15. The first-order chi connectivity index (χ1) is 9.66. The van der Waals surface area contributed by atoms with Gasteiger partial charge < -0.3 is 5.32 Å². The van der Waals surface area contributed by atoms with Crippen molar-refractivity contribution in [3.8, 4) is 0 Å². The largest absolute Gasteiger partial charge is 0.351 e. The predicted molar refractivity (Wildman–Crippen MR) is 75.7 cm³/mol. The topological polar surface area (TPSA) is 123 Å². The van der Waals surface area contributed by atoms with Gasteiger partial charge in [-0.25, -0.2) is 17.7 Å². The minimum absolute atomic E-state index is 0.184. The molecule has 0 aromatic carbocycles. The van der Waals surface area contributed by atoms with Crippen LogP contribution in [0.2, 0.25) is 5.15 Å². The van der Waals surface area contributed by atoms with E-state index in [-0.39, 0.29) is 17.9 Å². The lowest BCUT2D eigenvalue weighted by molar-refractivity contribution is -0.385. The van der Waals surface area contributed by atoms with Crippen molar-refractivity contribution in [3.05, 3.63) is 33.1 Å². The van der Waals surface area contributed by atoms with Gasteiger partial charge in [0.15, 0.2) is 0 Å². The molecular weight excluding hydrogens is 324 g/mol. The zero-order valence-corrected chi connectivity index (χ0v) is 12.8. The molecule has 11 heteroatoms. The minimum Gasteiger partial charge on any atom is -0.351 e.